The van der Waals surface area contributed by atoms with Gasteiger partial charge in [0.05, 0.1) is 25.6 Å². The maximum atomic E-state index is 12.7. The van der Waals surface area contributed by atoms with Gasteiger partial charge in [-0.1, -0.05) is 24.3 Å². The molecular weight excluding hydrogens is 576 g/mol. The Morgan fingerprint density at radius 3 is 2.33 bits per heavy atom. The van der Waals surface area contributed by atoms with Crippen LogP contribution in [0.25, 0.3) is 5.65 Å². The standard InChI is InChI=1S/C26H23N3O5.C8H7NO2/c1-16-21(15-30)29-13-5-8-22(25(29)27-16)33-24-20-7-4-3-6-17(20)14-23(24)34-26(31)28-18-9-11-19(32-2)12-10-18;1-11-8-4-2-7(3-5-8)9-6-10/h3-13,15,23-24H,14H2,1-2H3,(H,28,31);2-5H,1H3. The largest absolute Gasteiger partial charge is 0.497 e. The predicted molar refractivity (Wildman–Crippen MR) is 166 cm³/mol. The zero-order valence-electron chi connectivity index (χ0n) is 24.8. The molecule has 45 heavy (non-hydrogen) atoms. The molecule has 11 heteroatoms. The van der Waals surface area contributed by atoms with Crippen LogP contribution in [0.15, 0.2) is 96.1 Å². The Morgan fingerprint density at radius 2 is 1.67 bits per heavy atom. The number of aryl methyl sites for hydroxylation is 1. The average Bonchev–Trinajstić information content (AvgIpc) is 3.58. The van der Waals surface area contributed by atoms with E-state index >= 15 is 0 Å². The van der Waals surface area contributed by atoms with E-state index in [-0.39, 0.29) is 0 Å². The van der Waals surface area contributed by atoms with E-state index in [9.17, 15) is 14.4 Å². The highest BCUT2D eigenvalue weighted by Gasteiger charge is 2.37. The fourth-order valence-corrected chi connectivity index (χ4v) is 4.98. The quantitative estimate of drug-likeness (QED) is 0.122. The van der Waals surface area contributed by atoms with Crippen LogP contribution in [0, 0.1) is 6.92 Å². The first-order valence-corrected chi connectivity index (χ1v) is 13.9. The number of hydrogen-bond acceptors (Lipinski definition) is 9. The van der Waals surface area contributed by atoms with Crippen molar-refractivity contribution in [2.45, 2.75) is 25.6 Å². The van der Waals surface area contributed by atoms with Crippen LogP contribution < -0.4 is 19.5 Å². The summed E-state index contributed by atoms with van der Waals surface area (Å²) < 4.78 is 24.0. The highest BCUT2D eigenvalue weighted by atomic mass is 16.6. The van der Waals surface area contributed by atoms with Crippen molar-refractivity contribution < 1.29 is 33.3 Å². The van der Waals surface area contributed by atoms with Gasteiger partial charge >= 0.3 is 6.09 Å². The number of aliphatic imine (C=N–C) groups is 1. The Balaban J connectivity index is 0.000000309. The van der Waals surface area contributed by atoms with Crippen LogP contribution in [0.4, 0.5) is 16.2 Å². The van der Waals surface area contributed by atoms with Gasteiger partial charge in [0.2, 0.25) is 6.08 Å². The number of isocyanates is 1. The molecule has 0 aliphatic heterocycles. The first kappa shape index (κ1) is 30.5. The molecule has 2 atom stereocenters. The minimum absolute atomic E-state index is 0.471. The van der Waals surface area contributed by atoms with Crippen molar-refractivity contribution in [1.29, 1.82) is 0 Å². The molecule has 0 bridgehead atoms. The number of carbonyl (C=O) groups is 2. The van der Waals surface area contributed by atoms with Crippen molar-refractivity contribution in [3.05, 3.63) is 114 Å². The van der Waals surface area contributed by atoms with Crippen LogP contribution >= 0.6 is 0 Å². The third-order valence-electron chi connectivity index (χ3n) is 7.16. The molecule has 11 nitrogen and oxygen atoms in total. The molecule has 1 N–H and O–H groups in total. The molecule has 2 aromatic heterocycles. The van der Waals surface area contributed by atoms with Crippen molar-refractivity contribution in [3.8, 4) is 17.2 Å². The number of carbonyl (C=O) groups excluding carboxylic acids is 3. The van der Waals surface area contributed by atoms with Crippen molar-refractivity contribution in [1.82, 2.24) is 9.38 Å². The molecule has 0 saturated carbocycles. The smallest absolute Gasteiger partial charge is 0.412 e. The summed E-state index contributed by atoms with van der Waals surface area (Å²) in [5.74, 6) is 1.94. The lowest BCUT2D eigenvalue weighted by atomic mass is 10.1. The van der Waals surface area contributed by atoms with Gasteiger partial charge in [-0.2, -0.15) is 4.99 Å². The van der Waals surface area contributed by atoms with Crippen LogP contribution in [0.2, 0.25) is 0 Å². The van der Waals surface area contributed by atoms with Gasteiger partial charge in [-0.15, -0.1) is 0 Å². The van der Waals surface area contributed by atoms with Gasteiger partial charge in [-0.25, -0.2) is 14.6 Å². The average molecular weight is 607 g/mol. The number of fused-ring (bicyclic) bond motifs is 2. The third-order valence-corrected chi connectivity index (χ3v) is 7.16. The van der Waals surface area contributed by atoms with Crippen molar-refractivity contribution in [2.24, 2.45) is 4.99 Å². The molecule has 2 unspecified atom stereocenters. The lowest BCUT2D eigenvalue weighted by molar-refractivity contribution is 0.0333. The maximum absolute atomic E-state index is 12.7. The molecule has 0 spiro atoms. The van der Waals surface area contributed by atoms with Crippen LogP contribution in [-0.4, -0.2) is 48.2 Å². The number of nitrogens with one attached hydrogen (secondary N) is 1. The van der Waals surface area contributed by atoms with Crippen LogP contribution in [0.3, 0.4) is 0 Å². The van der Waals surface area contributed by atoms with E-state index in [0.717, 1.165) is 23.2 Å². The second-order valence-corrected chi connectivity index (χ2v) is 9.91. The van der Waals surface area contributed by atoms with Gasteiger partial charge in [-0.3, -0.25) is 14.5 Å². The monoisotopic (exact) mass is 606 g/mol. The van der Waals surface area contributed by atoms with Gasteiger partial charge in [0.1, 0.15) is 23.3 Å². The molecule has 6 rings (SSSR count). The number of methoxy groups -OCH3 is 2. The Hall–Kier alpha value is -5.93. The summed E-state index contributed by atoms with van der Waals surface area (Å²) >= 11 is 0. The van der Waals surface area contributed by atoms with E-state index in [2.05, 4.69) is 15.3 Å². The second-order valence-electron chi connectivity index (χ2n) is 9.91. The fourth-order valence-electron chi connectivity index (χ4n) is 4.98. The van der Waals surface area contributed by atoms with E-state index in [1.807, 2.05) is 24.3 Å². The number of rotatable bonds is 8. The zero-order chi connectivity index (χ0) is 31.8. The number of imidazole rings is 1. The van der Waals surface area contributed by atoms with Crippen molar-refractivity contribution in [2.75, 3.05) is 19.5 Å². The van der Waals surface area contributed by atoms with Gasteiger partial charge in [0.25, 0.3) is 0 Å². The Bertz CT molecular complexity index is 1850. The number of nitrogens with zero attached hydrogens (tertiary/aromatic N) is 3. The van der Waals surface area contributed by atoms with Crippen LogP contribution in [0.1, 0.15) is 33.4 Å². The number of aldehydes is 1. The minimum atomic E-state index is -0.574. The molecule has 0 fully saturated rings. The molecule has 0 radical (unpaired) electrons. The number of amides is 1. The highest BCUT2D eigenvalue weighted by molar-refractivity contribution is 5.85. The molecule has 5 aromatic rings. The fraction of sp³-hybridized carbons (Fsp3) is 0.176. The second kappa shape index (κ2) is 14.0. The van der Waals surface area contributed by atoms with Gasteiger partial charge < -0.3 is 18.9 Å². The normalized spacial score (nSPS) is 14.6. The molecule has 1 amide bonds. The predicted octanol–water partition coefficient (Wildman–Crippen LogP) is 6.42. The number of hydrogen-bond donors (Lipinski definition) is 1. The molecular formula is C34H30N4O7. The van der Waals surface area contributed by atoms with E-state index in [1.54, 1.807) is 92.4 Å². The number of ether oxygens (including phenoxy) is 4. The van der Waals surface area contributed by atoms with Crippen LogP contribution in [-0.2, 0) is 16.0 Å². The maximum Gasteiger partial charge on any atom is 0.412 e. The van der Waals surface area contributed by atoms with Crippen molar-refractivity contribution >= 4 is 35.5 Å². The van der Waals surface area contributed by atoms with Gasteiger partial charge in [-0.05, 0) is 78.7 Å². The van der Waals surface area contributed by atoms with E-state index < -0.39 is 18.3 Å². The summed E-state index contributed by atoms with van der Waals surface area (Å²) in [6.45, 7) is 1.78. The SMILES string of the molecule is COc1ccc(N=C=O)cc1.COc1ccc(NC(=O)OC2Cc3ccccc3C2Oc2cccn3c(C=O)c(C)nc23)cc1. The number of aromatic nitrogens is 2. The van der Waals surface area contributed by atoms with Gasteiger partial charge in [0, 0.05) is 18.3 Å². The molecule has 1 aliphatic carbocycles. The lowest BCUT2D eigenvalue weighted by Crippen LogP contribution is -2.28. The Morgan fingerprint density at radius 1 is 0.978 bits per heavy atom. The molecule has 3 aromatic carbocycles. The summed E-state index contributed by atoms with van der Waals surface area (Å²) in [5.41, 5.74) is 4.80. The van der Waals surface area contributed by atoms with Crippen molar-refractivity contribution in [3.63, 3.8) is 0 Å². The summed E-state index contributed by atoms with van der Waals surface area (Å²) in [7, 11) is 3.16. The summed E-state index contributed by atoms with van der Waals surface area (Å²) in [6, 6.07) is 25.3. The number of pyridine rings is 1. The molecule has 0 saturated heterocycles. The van der Waals surface area contributed by atoms with E-state index in [4.69, 9.17) is 18.9 Å². The van der Waals surface area contributed by atoms with Gasteiger partial charge in [0.15, 0.2) is 23.8 Å². The molecule has 1 aliphatic rings. The Kier molecular flexibility index (Phi) is 9.52. The van der Waals surface area contributed by atoms with E-state index in [1.165, 1.54) is 6.08 Å². The Labute approximate surface area is 259 Å². The topological polar surface area (TPSA) is 130 Å². The van der Waals surface area contributed by atoms with E-state index in [0.29, 0.717) is 46.3 Å². The zero-order valence-corrected chi connectivity index (χ0v) is 24.8. The van der Waals surface area contributed by atoms with Crippen LogP contribution in [0.5, 0.6) is 17.2 Å². The number of benzene rings is 3. The number of anilines is 1. The molecule has 2 heterocycles. The highest BCUT2D eigenvalue weighted by Crippen LogP contribution is 2.38. The summed E-state index contributed by atoms with van der Waals surface area (Å²) in [6.07, 6.45) is 2.88. The lowest BCUT2D eigenvalue weighted by Gasteiger charge is -2.22. The first-order chi connectivity index (χ1) is 21.9. The first-order valence-electron chi connectivity index (χ1n) is 13.9. The summed E-state index contributed by atoms with van der Waals surface area (Å²) in [4.78, 5) is 41.9. The third kappa shape index (κ3) is 7.01. The molecule has 228 valence electrons. The summed E-state index contributed by atoms with van der Waals surface area (Å²) in [5, 5.41) is 2.75. The minimum Gasteiger partial charge on any atom is -0.497 e.